The van der Waals surface area contributed by atoms with Crippen LogP contribution in [0.1, 0.15) is 26.2 Å². The van der Waals surface area contributed by atoms with Gasteiger partial charge in [0.25, 0.3) is 0 Å². The molecule has 56 valence electrons. The molecule has 0 aromatic carbocycles. The summed E-state index contributed by atoms with van der Waals surface area (Å²) in [6.07, 6.45) is 3.50. The summed E-state index contributed by atoms with van der Waals surface area (Å²) in [5.74, 6) is 0. The molecule has 0 bridgehead atoms. The molecular formula is C5H11Cl3Zr. The van der Waals surface area contributed by atoms with Crippen LogP contribution in [0.5, 0.6) is 0 Å². The van der Waals surface area contributed by atoms with Gasteiger partial charge in [0.15, 0.2) is 0 Å². The zero-order chi connectivity index (χ0) is 7.33. The van der Waals surface area contributed by atoms with Gasteiger partial charge in [-0.25, -0.2) is 0 Å². The summed E-state index contributed by atoms with van der Waals surface area (Å²) in [5.41, 5.74) is 0. The second-order valence-corrected chi connectivity index (χ2v) is 21.2. The van der Waals surface area contributed by atoms with E-state index in [1.165, 1.54) is 12.8 Å². The van der Waals surface area contributed by atoms with Crippen LogP contribution in [0, 0.1) is 0 Å². The van der Waals surface area contributed by atoms with E-state index < -0.39 is 16.7 Å². The molecule has 0 aliphatic rings. The standard InChI is InChI=1S/C5H11.3ClH.Zr/c1-3-5-4-2;;;;/h1,3-5H2,2H3;3*1H;/q;;;;+3/p-3. The van der Waals surface area contributed by atoms with Crippen molar-refractivity contribution in [2.75, 3.05) is 0 Å². The van der Waals surface area contributed by atoms with Crippen molar-refractivity contribution in [3.8, 4) is 0 Å². The number of hydrogen-bond acceptors (Lipinski definition) is 0. The first-order valence-electron chi connectivity index (χ1n) is 3.13. The zero-order valence-electron chi connectivity index (χ0n) is 5.46. The molecule has 0 radical (unpaired) electrons. The Morgan fingerprint density at radius 1 is 1.11 bits per heavy atom. The van der Waals surface area contributed by atoms with E-state index in [-0.39, 0.29) is 0 Å². The molecule has 0 aliphatic carbocycles. The van der Waals surface area contributed by atoms with E-state index in [0.29, 0.717) is 0 Å². The van der Waals surface area contributed by atoms with Crippen molar-refractivity contribution in [1.82, 2.24) is 0 Å². The molecule has 0 aromatic rings. The molecule has 0 aliphatic heterocycles. The van der Waals surface area contributed by atoms with E-state index >= 15 is 0 Å². The van der Waals surface area contributed by atoms with Crippen LogP contribution in [-0.2, 0) is 16.7 Å². The molecule has 0 saturated carbocycles. The third-order valence-corrected chi connectivity index (χ3v) is 6.68. The fraction of sp³-hybridized carbons (Fsp3) is 1.00. The van der Waals surface area contributed by atoms with Crippen molar-refractivity contribution >= 4 is 25.5 Å². The van der Waals surface area contributed by atoms with Crippen molar-refractivity contribution < 1.29 is 16.7 Å². The van der Waals surface area contributed by atoms with Crippen LogP contribution in [-0.4, -0.2) is 0 Å². The van der Waals surface area contributed by atoms with Crippen LogP contribution in [0.2, 0.25) is 4.13 Å². The van der Waals surface area contributed by atoms with Gasteiger partial charge < -0.3 is 0 Å². The number of halogens is 3. The van der Waals surface area contributed by atoms with E-state index in [0.717, 1.165) is 10.5 Å². The first-order chi connectivity index (χ1) is 4.06. The average Bonchev–Trinajstić information content (AvgIpc) is 1.63. The van der Waals surface area contributed by atoms with Crippen LogP contribution in [0.3, 0.4) is 0 Å². The van der Waals surface area contributed by atoms with Gasteiger partial charge >= 0.3 is 72.5 Å². The molecule has 0 aromatic heterocycles. The Labute approximate surface area is 71.9 Å². The van der Waals surface area contributed by atoms with E-state index in [9.17, 15) is 0 Å². The molecule has 4 heteroatoms. The van der Waals surface area contributed by atoms with Gasteiger partial charge in [0, 0.05) is 0 Å². The van der Waals surface area contributed by atoms with Gasteiger partial charge in [-0.05, 0) is 0 Å². The fourth-order valence-electron chi connectivity index (χ4n) is 0.575. The fourth-order valence-corrected chi connectivity index (χ4v) is 4.55. The number of hydrogen-bond donors (Lipinski definition) is 0. The van der Waals surface area contributed by atoms with Gasteiger partial charge in [0.05, 0.1) is 0 Å². The zero-order valence-corrected chi connectivity index (χ0v) is 10.2. The van der Waals surface area contributed by atoms with E-state index in [4.69, 9.17) is 25.5 Å². The van der Waals surface area contributed by atoms with Crippen molar-refractivity contribution in [2.45, 2.75) is 30.3 Å². The Bertz CT molecular complexity index is 69.1. The molecule has 9 heavy (non-hydrogen) atoms. The predicted octanol–water partition coefficient (Wildman–Crippen LogP) is 4.21. The summed E-state index contributed by atoms with van der Waals surface area (Å²) in [5, 5.41) is 0. The summed E-state index contributed by atoms with van der Waals surface area (Å²) in [6, 6.07) is 0. The molecule has 0 rings (SSSR count). The van der Waals surface area contributed by atoms with Gasteiger partial charge in [0.2, 0.25) is 0 Å². The molecule has 0 heterocycles. The van der Waals surface area contributed by atoms with E-state index in [1.54, 1.807) is 0 Å². The molecule has 0 saturated heterocycles. The predicted molar refractivity (Wildman–Crippen MR) is 41.9 cm³/mol. The van der Waals surface area contributed by atoms with Crippen LogP contribution in [0.4, 0.5) is 0 Å². The first kappa shape index (κ1) is 10.8. The molecule has 0 nitrogen and oxygen atoms in total. The minimum atomic E-state index is -2.92. The van der Waals surface area contributed by atoms with Crippen molar-refractivity contribution in [3.63, 3.8) is 0 Å². The summed E-state index contributed by atoms with van der Waals surface area (Å²) in [7, 11) is 17.1. The number of rotatable bonds is 4. The third kappa shape index (κ3) is 9.75. The van der Waals surface area contributed by atoms with Gasteiger partial charge in [0.1, 0.15) is 0 Å². The summed E-state index contributed by atoms with van der Waals surface area (Å²) in [4.78, 5) is 0. The van der Waals surface area contributed by atoms with Crippen LogP contribution in [0.15, 0.2) is 0 Å². The summed E-state index contributed by atoms with van der Waals surface area (Å²) in [6.45, 7) is 2.15. The Morgan fingerprint density at radius 3 is 2.00 bits per heavy atom. The van der Waals surface area contributed by atoms with E-state index in [1.807, 2.05) is 0 Å². The normalized spacial score (nSPS) is 12.0. The van der Waals surface area contributed by atoms with Gasteiger partial charge in [-0.1, -0.05) is 0 Å². The second-order valence-electron chi connectivity index (χ2n) is 2.07. The second kappa shape index (κ2) is 5.41. The van der Waals surface area contributed by atoms with Crippen molar-refractivity contribution in [3.05, 3.63) is 0 Å². The maximum atomic E-state index is 5.71. The van der Waals surface area contributed by atoms with Crippen LogP contribution >= 0.6 is 25.5 Å². The first-order valence-corrected chi connectivity index (χ1v) is 14.4. The summed E-state index contributed by atoms with van der Waals surface area (Å²) >= 11 is -2.92. The Hall–Kier alpha value is 1.75. The topological polar surface area (TPSA) is 0 Å². The van der Waals surface area contributed by atoms with Gasteiger partial charge in [-0.15, -0.1) is 0 Å². The minimum absolute atomic E-state index is 0.882. The molecule has 0 atom stereocenters. The van der Waals surface area contributed by atoms with Gasteiger partial charge in [-0.3, -0.25) is 0 Å². The Morgan fingerprint density at radius 2 is 1.67 bits per heavy atom. The van der Waals surface area contributed by atoms with Gasteiger partial charge in [-0.2, -0.15) is 0 Å². The molecule has 0 fully saturated rings. The van der Waals surface area contributed by atoms with Crippen molar-refractivity contribution in [2.24, 2.45) is 0 Å². The molecule has 0 N–H and O–H groups in total. The monoisotopic (exact) mass is 266 g/mol. The Kier molecular flexibility index (Phi) is 6.46. The van der Waals surface area contributed by atoms with Crippen LogP contribution in [0.25, 0.3) is 0 Å². The molecule has 0 amide bonds. The molecule has 0 unspecified atom stereocenters. The average molecular weight is 269 g/mol. The maximum absolute atomic E-state index is 5.71. The summed E-state index contributed by atoms with van der Waals surface area (Å²) < 4.78 is 0.882. The Balaban J connectivity index is 3.07. The van der Waals surface area contributed by atoms with Crippen LogP contribution < -0.4 is 0 Å². The van der Waals surface area contributed by atoms with Crippen molar-refractivity contribution in [1.29, 1.82) is 0 Å². The molecule has 0 spiro atoms. The quantitative estimate of drug-likeness (QED) is 0.670. The SMILES string of the molecule is CCCC[CH2][Zr]([Cl])([Cl])[Cl]. The third-order valence-electron chi connectivity index (χ3n) is 1.06. The van der Waals surface area contributed by atoms with E-state index in [2.05, 4.69) is 6.92 Å². The number of unbranched alkanes of at least 4 members (excludes halogenated alkanes) is 2. The molecular weight excluding hydrogens is 258 g/mol.